The molecule has 0 saturated heterocycles. The van der Waals surface area contributed by atoms with Gasteiger partial charge < -0.3 is 9.73 Å². The van der Waals surface area contributed by atoms with E-state index in [0.717, 1.165) is 32.2 Å². The molecule has 1 amide bonds. The monoisotopic (exact) mass is 539 g/mol. The van der Waals surface area contributed by atoms with Gasteiger partial charge in [-0.05, 0) is 39.3 Å². The highest BCUT2D eigenvalue weighted by molar-refractivity contribution is 8.17. The van der Waals surface area contributed by atoms with Crippen molar-refractivity contribution in [1.82, 2.24) is 10.3 Å². The molecule has 0 bridgehead atoms. The smallest absolute Gasteiger partial charge is 0.273 e. The molecule has 0 fully saturated rings. The van der Waals surface area contributed by atoms with Gasteiger partial charge in [0.2, 0.25) is 5.89 Å². The summed E-state index contributed by atoms with van der Waals surface area (Å²) in [6.07, 6.45) is 4.20. The van der Waals surface area contributed by atoms with Crippen molar-refractivity contribution in [1.29, 1.82) is 0 Å². The average molecular weight is 540 g/mol. The fourth-order valence-corrected chi connectivity index (χ4v) is 8.03. The summed E-state index contributed by atoms with van der Waals surface area (Å²) in [7, 11) is 1.59. The molecule has 36 heavy (non-hydrogen) atoms. The summed E-state index contributed by atoms with van der Waals surface area (Å²) < 4.78 is 5.89. The largest absolute Gasteiger partial charge is 0.442 e. The number of hydrogen-bond acceptors (Lipinski definition) is 9. The summed E-state index contributed by atoms with van der Waals surface area (Å²) in [6, 6.07) is 10.3. The molecule has 0 aliphatic carbocycles. The number of benzene rings is 1. The van der Waals surface area contributed by atoms with E-state index >= 15 is 0 Å². The normalized spacial score (nSPS) is 30.0. The second kappa shape index (κ2) is 9.54. The van der Waals surface area contributed by atoms with Crippen molar-refractivity contribution in [2.45, 2.75) is 44.3 Å². The lowest BCUT2D eigenvalue weighted by atomic mass is 10.0. The van der Waals surface area contributed by atoms with Crippen LogP contribution in [0.3, 0.4) is 0 Å². The molecule has 1 N–H and O–H groups in total. The summed E-state index contributed by atoms with van der Waals surface area (Å²) in [5.74, 6) is 3.11. The summed E-state index contributed by atoms with van der Waals surface area (Å²) in [6.45, 7) is 8.08. The molecule has 7 nitrogen and oxygen atoms in total. The third kappa shape index (κ3) is 4.70. The van der Waals surface area contributed by atoms with E-state index < -0.39 is 11.1 Å². The first-order valence-corrected chi connectivity index (χ1v) is 14.7. The molecular formula is C26H29N5O2S3. The van der Waals surface area contributed by atoms with Gasteiger partial charge in [-0.25, -0.2) is 4.98 Å². The van der Waals surface area contributed by atoms with Crippen molar-refractivity contribution in [3.63, 3.8) is 0 Å². The lowest BCUT2D eigenvalue weighted by Crippen LogP contribution is -2.33. The number of aromatic nitrogens is 1. The van der Waals surface area contributed by atoms with Crippen LogP contribution >= 0.6 is 35.3 Å². The number of carbonyl (C=O) groups is 1. The highest BCUT2D eigenvalue weighted by atomic mass is 32.2. The van der Waals surface area contributed by atoms with Crippen LogP contribution in [0.5, 0.6) is 0 Å². The Hall–Kier alpha value is -2.30. The minimum atomic E-state index is -0.635. The zero-order valence-electron chi connectivity index (χ0n) is 21.0. The Morgan fingerprint density at radius 2 is 1.53 bits per heavy atom. The topological polar surface area (TPSA) is 92.2 Å². The van der Waals surface area contributed by atoms with Gasteiger partial charge in [-0.2, -0.15) is 0 Å². The number of oxazole rings is 1. The summed E-state index contributed by atoms with van der Waals surface area (Å²) in [4.78, 5) is 31.9. The van der Waals surface area contributed by atoms with Crippen LogP contribution < -0.4 is 5.32 Å². The minimum absolute atomic E-state index is 0.254. The predicted molar refractivity (Wildman–Crippen MR) is 154 cm³/mol. The summed E-state index contributed by atoms with van der Waals surface area (Å²) >= 11 is 5.25. The third-order valence-electron chi connectivity index (χ3n) is 6.37. The van der Waals surface area contributed by atoms with Gasteiger partial charge in [0.05, 0.1) is 15.1 Å². The van der Waals surface area contributed by atoms with Gasteiger partial charge >= 0.3 is 0 Å². The van der Waals surface area contributed by atoms with Gasteiger partial charge in [0, 0.05) is 24.3 Å². The van der Waals surface area contributed by atoms with Gasteiger partial charge in [-0.3, -0.25) is 19.8 Å². The van der Waals surface area contributed by atoms with Gasteiger partial charge in [0.15, 0.2) is 5.69 Å². The van der Waals surface area contributed by atoms with E-state index in [0.29, 0.717) is 23.1 Å². The van der Waals surface area contributed by atoms with Gasteiger partial charge in [-0.1, -0.05) is 36.4 Å². The van der Waals surface area contributed by atoms with Crippen molar-refractivity contribution >= 4 is 62.4 Å². The second-order valence-electron chi connectivity index (χ2n) is 9.72. The SMILES string of the molecule is CNC(=O)c1nc([C@]2(C)CSC([C@]3(C)CSC([C@]4(C)CSC(/C=C\c5ccccc5)=N4)=N3)=N2)oc1C. The van der Waals surface area contributed by atoms with Crippen LogP contribution in [-0.2, 0) is 5.54 Å². The fourth-order valence-electron chi connectivity index (χ4n) is 4.17. The maximum Gasteiger partial charge on any atom is 0.273 e. The minimum Gasteiger partial charge on any atom is -0.442 e. The highest BCUT2D eigenvalue weighted by Gasteiger charge is 2.48. The Kier molecular flexibility index (Phi) is 6.72. The van der Waals surface area contributed by atoms with E-state index in [9.17, 15) is 4.79 Å². The maximum atomic E-state index is 12.1. The molecule has 0 radical (unpaired) electrons. The van der Waals surface area contributed by atoms with Crippen LogP contribution in [0.2, 0.25) is 0 Å². The van der Waals surface area contributed by atoms with Crippen LogP contribution in [-0.4, -0.2) is 61.4 Å². The first-order chi connectivity index (χ1) is 17.1. The molecule has 1 aromatic heterocycles. The molecular weight excluding hydrogens is 511 g/mol. The Balaban J connectivity index is 1.36. The number of nitrogens with zero attached hydrogens (tertiary/aromatic N) is 4. The van der Waals surface area contributed by atoms with E-state index in [4.69, 9.17) is 19.4 Å². The Labute approximate surface area is 224 Å². The van der Waals surface area contributed by atoms with Gasteiger partial charge in [0.1, 0.15) is 22.4 Å². The highest BCUT2D eigenvalue weighted by Crippen LogP contribution is 2.46. The predicted octanol–water partition coefficient (Wildman–Crippen LogP) is 5.22. The molecule has 0 unspecified atom stereocenters. The molecule has 1 aromatic carbocycles. The number of aryl methyl sites for hydroxylation is 1. The van der Waals surface area contributed by atoms with Crippen molar-refractivity contribution in [3.8, 4) is 0 Å². The summed E-state index contributed by atoms with van der Waals surface area (Å²) in [5, 5.41) is 5.69. The standard InChI is InChI=1S/C26H29N5O2S3/c1-16-19(20(32)27-5)28-21(33-16)24(2)13-35-23(30-24)26(4)15-36-22(31-26)25(3)14-34-18(29-25)12-11-17-9-7-6-8-10-17/h6-12H,13-15H2,1-5H3,(H,27,32)/b12-11-/t24-,25-,26-/m0/s1. The first-order valence-electron chi connectivity index (χ1n) is 11.8. The fraction of sp³-hybridized carbons (Fsp3) is 0.423. The van der Waals surface area contributed by atoms with Crippen molar-refractivity contribution in [2.75, 3.05) is 24.3 Å². The van der Waals surface area contributed by atoms with Crippen LogP contribution in [0.25, 0.3) is 6.08 Å². The zero-order chi connectivity index (χ0) is 25.6. The Morgan fingerprint density at radius 3 is 2.22 bits per heavy atom. The Bertz CT molecular complexity index is 1320. The van der Waals surface area contributed by atoms with Crippen molar-refractivity contribution in [3.05, 3.63) is 59.3 Å². The molecule has 3 aliphatic heterocycles. The van der Waals surface area contributed by atoms with E-state index in [1.54, 1.807) is 49.3 Å². The van der Waals surface area contributed by atoms with Crippen LogP contribution in [0.1, 0.15) is 48.5 Å². The number of thioether (sulfide) groups is 3. The Morgan fingerprint density at radius 1 is 0.917 bits per heavy atom. The molecule has 4 heterocycles. The first kappa shape index (κ1) is 25.4. The summed E-state index contributed by atoms with van der Waals surface area (Å²) in [5.41, 5.74) is 0.0893. The van der Waals surface area contributed by atoms with Crippen LogP contribution in [0, 0.1) is 6.92 Å². The lowest BCUT2D eigenvalue weighted by Gasteiger charge is -2.21. The average Bonchev–Trinajstić information content (AvgIpc) is 3.65. The third-order valence-corrected chi connectivity index (χ3v) is 10.6. The zero-order valence-corrected chi connectivity index (χ0v) is 23.4. The molecule has 3 aliphatic rings. The second-order valence-corrected chi connectivity index (χ2v) is 12.6. The molecule has 5 rings (SSSR count). The molecule has 2 aromatic rings. The van der Waals surface area contributed by atoms with E-state index in [1.165, 1.54) is 0 Å². The number of nitrogens with one attached hydrogen (secondary N) is 1. The lowest BCUT2D eigenvalue weighted by molar-refractivity contribution is 0.0957. The number of carbonyl (C=O) groups excluding carboxylic acids is 1. The van der Waals surface area contributed by atoms with E-state index in [-0.39, 0.29) is 11.4 Å². The molecule has 3 atom stereocenters. The van der Waals surface area contributed by atoms with E-state index in [2.05, 4.69) is 48.4 Å². The van der Waals surface area contributed by atoms with Crippen molar-refractivity contribution in [2.24, 2.45) is 15.0 Å². The van der Waals surface area contributed by atoms with Gasteiger partial charge in [-0.15, -0.1) is 35.3 Å². The van der Waals surface area contributed by atoms with Gasteiger partial charge in [0.25, 0.3) is 5.91 Å². The number of rotatable bonds is 6. The van der Waals surface area contributed by atoms with Crippen molar-refractivity contribution < 1.29 is 9.21 Å². The molecule has 0 saturated carbocycles. The number of hydrogen-bond donors (Lipinski definition) is 1. The van der Waals surface area contributed by atoms with Crippen LogP contribution in [0.4, 0.5) is 0 Å². The quantitative estimate of drug-likeness (QED) is 0.541. The molecule has 0 spiro atoms. The maximum absolute atomic E-state index is 12.1. The van der Waals surface area contributed by atoms with E-state index in [1.807, 2.05) is 25.1 Å². The molecule has 10 heteroatoms. The molecule has 188 valence electrons. The number of aliphatic imine (C=N–C) groups is 3. The number of amides is 1. The van der Waals surface area contributed by atoms with Crippen LogP contribution in [0.15, 0.2) is 55.8 Å².